The van der Waals surface area contributed by atoms with Gasteiger partial charge in [0.15, 0.2) is 0 Å². The van der Waals surface area contributed by atoms with Crippen LogP contribution in [0.1, 0.15) is 53.3 Å². The fraction of sp³-hybridized carbons (Fsp3) is 0.556. The third kappa shape index (κ3) is 3.31. The van der Waals surface area contributed by atoms with Gasteiger partial charge < -0.3 is 10.4 Å². The molecule has 1 atom stereocenters. The fourth-order valence-electron chi connectivity index (χ4n) is 3.06. The average Bonchev–Trinajstić information content (AvgIpc) is 3.32. The lowest BCUT2D eigenvalue weighted by Crippen LogP contribution is -2.35. The number of imide groups is 1. The van der Waals surface area contributed by atoms with E-state index in [-0.39, 0.29) is 23.8 Å². The topological polar surface area (TPSA) is 69.6 Å². The van der Waals surface area contributed by atoms with E-state index < -0.39 is 0 Å². The van der Waals surface area contributed by atoms with Crippen LogP contribution in [-0.4, -0.2) is 47.6 Å². The molecule has 0 spiro atoms. The third-order valence-corrected chi connectivity index (χ3v) is 5.02. The molecule has 0 saturated heterocycles. The van der Waals surface area contributed by atoms with Crippen LogP contribution in [0.5, 0.6) is 0 Å². The number of aliphatic hydroxyl groups is 1. The summed E-state index contributed by atoms with van der Waals surface area (Å²) in [6.45, 7) is 3.67. The standard InChI is InChI=1S/C18H24N2O3/c1-13(19-11-18(12-21)8-9-18)5-4-10-20-16(22)14-6-2-3-7-15(14)17(20)23/h2-3,6-7,13,19,21H,4-5,8-12H2,1H3. The van der Waals surface area contributed by atoms with Crippen LogP contribution in [0.3, 0.4) is 0 Å². The van der Waals surface area contributed by atoms with Gasteiger partial charge in [0.25, 0.3) is 11.8 Å². The molecule has 124 valence electrons. The molecule has 1 aliphatic carbocycles. The number of hydrogen-bond acceptors (Lipinski definition) is 4. The largest absolute Gasteiger partial charge is 0.396 e. The quantitative estimate of drug-likeness (QED) is 0.718. The number of fused-ring (bicyclic) bond motifs is 1. The molecule has 2 aliphatic rings. The minimum Gasteiger partial charge on any atom is -0.396 e. The van der Waals surface area contributed by atoms with Gasteiger partial charge in [-0.25, -0.2) is 0 Å². The number of aliphatic hydroxyl groups excluding tert-OH is 1. The van der Waals surface area contributed by atoms with Crippen LogP contribution in [0.4, 0.5) is 0 Å². The van der Waals surface area contributed by atoms with Crippen LogP contribution in [0.25, 0.3) is 0 Å². The number of nitrogens with one attached hydrogen (secondary N) is 1. The molecular weight excluding hydrogens is 292 g/mol. The van der Waals surface area contributed by atoms with E-state index in [1.54, 1.807) is 24.3 Å². The lowest BCUT2D eigenvalue weighted by Gasteiger charge is -2.19. The van der Waals surface area contributed by atoms with Crippen molar-refractivity contribution >= 4 is 11.8 Å². The summed E-state index contributed by atoms with van der Waals surface area (Å²) in [7, 11) is 0. The maximum atomic E-state index is 12.2. The fourth-order valence-corrected chi connectivity index (χ4v) is 3.06. The third-order valence-electron chi connectivity index (χ3n) is 5.02. The van der Waals surface area contributed by atoms with Gasteiger partial charge in [-0.2, -0.15) is 0 Å². The molecule has 1 aromatic rings. The highest BCUT2D eigenvalue weighted by molar-refractivity contribution is 6.21. The number of rotatable bonds is 8. The first-order valence-electron chi connectivity index (χ1n) is 8.36. The van der Waals surface area contributed by atoms with Crippen LogP contribution in [0.2, 0.25) is 0 Å². The zero-order valence-corrected chi connectivity index (χ0v) is 13.5. The van der Waals surface area contributed by atoms with Crippen molar-refractivity contribution in [1.82, 2.24) is 10.2 Å². The Hall–Kier alpha value is -1.72. The first-order chi connectivity index (χ1) is 11.1. The lowest BCUT2D eigenvalue weighted by atomic mass is 10.1. The Bertz CT molecular complexity index is 575. The van der Waals surface area contributed by atoms with Gasteiger partial charge in [0.05, 0.1) is 11.1 Å². The molecular formula is C18H24N2O3. The molecule has 1 unspecified atom stereocenters. The van der Waals surface area contributed by atoms with Crippen molar-refractivity contribution < 1.29 is 14.7 Å². The number of amides is 2. The summed E-state index contributed by atoms with van der Waals surface area (Å²) in [5, 5.41) is 12.8. The van der Waals surface area contributed by atoms with Crippen LogP contribution < -0.4 is 5.32 Å². The molecule has 2 N–H and O–H groups in total. The van der Waals surface area contributed by atoms with Crippen LogP contribution in [0.15, 0.2) is 24.3 Å². The molecule has 1 heterocycles. The number of carbonyl (C=O) groups is 2. The summed E-state index contributed by atoms with van der Waals surface area (Å²) in [5.74, 6) is -0.355. The summed E-state index contributed by atoms with van der Waals surface area (Å²) in [4.78, 5) is 25.9. The van der Waals surface area contributed by atoms with Crippen LogP contribution in [-0.2, 0) is 0 Å². The second-order valence-electron chi connectivity index (χ2n) is 6.89. The minimum atomic E-state index is -0.177. The zero-order chi connectivity index (χ0) is 16.4. The van der Waals surface area contributed by atoms with Crippen molar-refractivity contribution in [2.45, 2.75) is 38.6 Å². The molecule has 1 aromatic carbocycles. The Kier molecular flexibility index (Phi) is 4.50. The van der Waals surface area contributed by atoms with Gasteiger partial charge in [-0.05, 0) is 44.7 Å². The van der Waals surface area contributed by atoms with Gasteiger partial charge in [-0.1, -0.05) is 12.1 Å². The predicted molar refractivity (Wildman–Crippen MR) is 87.3 cm³/mol. The smallest absolute Gasteiger partial charge is 0.261 e. The monoisotopic (exact) mass is 316 g/mol. The Balaban J connectivity index is 1.44. The van der Waals surface area contributed by atoms with E-state index in [1.165, 1.54) is 4.90 Å². The molecule has 3 rings (SSSR count). The number of benzene rings is 1. The van der Waals surface area contributed by atoms with Crippen molar-refractivity contribution in [2.24, 2.45) is 5.41 Å². The van der Waals surface area contributed by atoms with E-state index in [0.29, 0.717) is 23.7 Å². The van der Waals surface area contributed by atoms with Crippen molar-refractivity contribution in [2.75, 3.05) is 19.7 Å². The Labute approximate surface area is 136 Å². The molecule has 1 saturated carbocycles. The van der Waals surface area contributed by atoms with E-state index in [2.05, 4.69) is 12.2 Å². The van der Waals surface area contributed by atoms with Gasteiger partial charge >= 0.3 is 0 Å². The number of hydrogen-bond donors (Lipinski definition) is 2. The molecule has 5 heteroatoms. The summed E-state index contributed by atoms with van der Waals surface area (Å²) in [6, 6.07) is 7.31. The van der Waals surface area contributed by atoms with Crippen molar-refractivity contribution in [3.8, 4) is 0 Å². The Morgan fingerprint density at radius 3 is 2.35 bits per heavy atom. The maximum Gasteiger partial charge on any atom is 0.261 e. The van der Waals surface area contributed by atoms with E-state index in [1.807, 2.05) is 0 Å². The van der Waals surface area contributed by atoms with Gasteiger partial charge in [-0.15, -0.1) is 0 Å². The van der Waals surface area contributed by atoms with Crippen LogP contribution >= 0.6 is 0 Å². The summed E-state index contributed by atoms with van der Waals surface area (Å²) in [6.07, 6.45) is 3.87. The molecule has 0 bridgehead atoms. The summed E-state index contributed by atoms with van der Waals surface area (Å²) >= 11 is 0. The van der Waals surface area contributed by atoms with Gasteiger partial charge in [0, 0.05) is 31.2 Å². The number of nitrogens with zero attached hydrogens (tertiary/aromatic N) is 1. The Morgan fingerprint density at radius 1 is 1.22 bits per heavy atom. The van der Waals surface area contributed by atoms with E-state index in [0.717, 1.165) is 32.2 Å². The normalized spacial score (nSPS) is 19.8. The first kappa shape index (κ1) is 16.1. The van der Waals surface area contributed by atoms with E-state index in [9.17, 15) is 14.7 Å². The molecule has 5 nitrogen and oxygen atoms in total. The highest BCUT2D eigenvalue weighted by Gasteiger charge is 2.41. The molecule has 0 aromatic heterocycles. The molecule has 1 fully saturated rings. The molecule has 0 radical (unpaired) electrons. The summed E-state index contributed by atoms with van der Waals surface area (Å²) < 4.78 is 0. The van der Waals surface area contributed by atoms with Gasteiger partial charge in [0.1, 0.15) is 0 Å². The zero-order valence-electron chi connectivity index (χ0n) is 13.5. The van der Waals surface area contributed by atoms with Crippen molar-refractivity contribution in [1.29, 1.82) is 0 Å². The van der Waals surface area contributed by atoms with Crippen molar-refractivity contribution in [3.05, 3.63) is 35.4 Å². The first-order valence-corrected chi connectivity index (χ1v) is 8.36. The van der Waals surface area contributed by atoms with E-state index >= 15 is 0 Å². The van der Waals surface area contributed by atoms with Gasteiger partial charge in [-0.3, -0.25) is 14.5 Å². The highest BCUT2D eigenvalue weighted by atomic mass is 16.3. The minimum absolute atomic E-state index is 0.108. The second kappa shape index (κ2) is 6.42. The average molecular weight is 316 g/mol. The Morgan fingerprint density at radius 2 is 1.83 bits per heavy atom. The number of carbonyl (C=O) groups excluding carboxylic acids is 2. The molecule has 2 amide bonds. The summed E-state index contributed by atoms with van der Waals surface area (Å²) in [5.41, 5.74) is 1.14. The van der Waals surface area contributed by atoms with Gasteiger partial charge in [0.2, 0.25) is 0 Å². The SMILES string of the molecule is CC(CCCN1C(=O)c2ccccc2C1=O)NCC1(CO)CC1. The lowest BCUT2D eigenvalue weighted by molar-refractivity contribution is 0.0650. The second-order valence-corrected chi connectivity index (χ2v) is 6.89. The van der Waals surface area contributed by atoms with Crippen LogP contribution in [0, 0.1) is 5.41 Å². The predicted octanol–water partition coefficient (Wildman–Crippen LogP) is 1.81. The maximum absolute atomic E-state index is 12.2. The van der Waals surface area contributed by atoms with E-state index in [4.69, 9.17) is 0 Å². The molecule has 1 aliphatic heterocycles. The highest BCUT2D eigenvalue weighted by Crippen LogP contribution is 2.44. The molecule has 23 heavy (non-hydrogen) atoms. The van der Waals surface area contributed by atoms with Crippen molar-refractivity contribution in [3.63, 3.8) is 0 Å².